The largest absolute Gasteiger partial charge is 0.544 e. The molecule has 0 spiro atoms. The summed E-state index contributed by atoms with van der Waals surface area (Å²) < 4.78 is 18.7. The summed E-state index contributed by atoms with van der Waals surface area (Å²) in [6.07, 6.45) is 0. The lowest BCUT2D eigenvalue weighted by atomic mass is 10.1. The van der Waals surface area contributed by atoms with Crippen LogP contribution < -0.4 is 8.85 Å². The van der Waals surface area contributed by atoms with Crippen LogP contribution >= 0.6 is 0 Å². The van der Waals surface area contributed by atoms with Crippen molar-refractivity contribution in [3.8, 4) is 11.5 Å². The second-order valence-corrected chi connectivity index (χ2v) is 22.0. The summed E-state index contributed by atoms with van der Waals surface area (Å²) in [5.41, 5.74) is 0.875. The summed E-state index contributed by atoms with van der Waals surface area (Å²) in [4.78, 5) is 0. The lowest BCUT2D eigenvalue weighted by Gasteiger charge is -2.29. The first-order valence-corrected chi connectivity index (χ1v) is 18.3. The van der Waals surface area contributed by atoms with Crippen LogP contribution in [0.4, 0.5) is 0 Å². The maximum Gasteiger partial charge on any atom is 0.242 e. The van der Waals surface area contributed by atoms with Crippen molar-refractivity contribution in [2.75, 3.05) is 0 Å². The molecule has 130 valence electrons. The molecule has 6 heteroatoms. The monoisotopic (exact) mass is 368 g/mol. The molecule has 0 aliphatic heterocycles. The van der Waals surface area contributed by atoms with Crippen LogP contribution in [0.3, 0.4) is 0 Å². The summed E-state index contributed by atoms with van der Waals surface area (Å²) in [5, 5.41) is 0. The van der Waals surface area contributed by atoms with Gasteiger partial charge >= 0.3 is 0 Å². The Morgan fingerprint density at radius 2 is 1.13 bits per heavy atom. The number of rotatable bonds is 7. The van der Waals surface area contributed by atoms with Crippen LogP contribution in [0.2, 0.25) is 58.9 Å². The topological polar surface area (TPSA) is 27.7 Å². The number of benzene rings is 1. The molecule has 0 amide bonds. The van der Waals surface area contributed by atoms with Crippen LogP contribution in [0.25, 0.3) is 5.76 Å². The van der Waals surface area contributed by atoms with Crippen molar-refractivity contribution in [2.24, 2.45) is 0 Å². The fraction of sp³-hybridized carbons (Fsp3) is 0.529. The Bertz CT molecular complexity index is 530. The van der Waals surface area contributed by atoms with Crippen molar-refractivity contribution >= 4 is 30.7 Å². The van der Waals surface area contributed by atoms with Gasteiger partial charge in [-0.05, 0) is 71.1 Å². The van der Waals surface area contributed by atoms with E-state index in [0.29, 0.717) is 5.76 Å². The molecular weight excluding hydrogens is 336 g/mol. The van der Waals surface area contributed by atoms with Crippen LogP contribution in [-0.2, 0) is 4.43 Å². The van der Waals surface area contributed by atoms with E-state index in [9.17, 15) is 0 Å². The quantitative estimate of drug-likeness (QED) is 0.440. The molecule has 0 fully saturated rings. The second kappa shape index (κ2) is 6.86. The lowest BCUT2D eigenvalue weighted by molar-refractivity contribution is 0.489. The van der Waals surface area contributed by atoms with Gasteiger partial charge < -0.3 is 13.3 Å². The molecule has 0 bridgehead atoms. The van der Waals surface area contributed by atoms with Gasteiger partial charge in [-0.15, -0.1) is 0 Å². The standard InChI is InChI=1S/C17H32O3Si3/c1-14(18-21(2,3)4)17-15(19-22(5,6)7)12-11-13-16(17)20-23(8,9)10/h11-13H,1H2,2-10H3. The van der Waals surface area contributed by atoms with Crippen molar-refractivity contribution in [3.63, 3.8) is 0 Å². The van der Waals surface area contributed by atoms with Crippen molar-refractivity contribution in [2.45, 2.75) is 58.9 Å². The first-order valence-electron chi connectivity index (χ1n) is 8.07. The lowest BCUT2D eigenvalue weighted by Crippen LogP contribution is -2.32. The highest BCUT2D eigenvalue weighted by Crippen LogP contribution is 2.38. The molecule has 1 aromatic carbocycles. The average molecular weight is 369 g/mol. The molecule has 23 heavy (non-hydrogen) atoms. The highest BCUT2D eigenvalue weighted by molar-refractivity contribution is 6.71. The van der Waals surface area contributed by atoms with Gasteiger partial charge in [-0.3, -0.25) is 0 Å². The fourth-order valence-electron chi connectivity index (χ4n) is 2.04. The van der Waals surface area contributed by atoms with Crippen LogP contribution in [0.15, 0.2) is 24.8 Å². The summed E-state index contributed by atoms with van der Waals surface area (Å²) in [7, 11) is -5.24. The minimum Gasteiger partial charge on any atom is -0.544 e. The smallest absolute Gasteiger partial charge is 0.242 e. The van der Waals surface area contributed by atoms with E-state index in [1.807, 2.05) is 18.2 Å². The van der Waals surface area contributed by atoms with Gasteiger partial charge in [0.15, 0.2) is 0 Å². The average Bonchev–Trinajstić information content (AvgIpc) is 2.21. The molecule has 0 heterocycles. The SMILES string of the molecule is C=C(O[Si](C)(C)C)c1c(O[Si](C)(C)C)cccc1O[Si](C)(C)C. The van der Waals surface area contributed by atoms with Gasteiger partial charge in [0.05, 0.1) is 5.56 Å². The molecule has 0 atom stereocenters. The zero-order chi connectivity index (χ0) is 18.1. The zero-order valence-electron chi connectivity index (χ0n) is 16.2. The van der Waals surface area contributed by atoms with Gasteiger partial charge in [0.25, 0.3) is 0 Å². The first kappa shape index (κ1) is 20.1. The predicted molar refractivity (Wildman–Crippen MR) is 108 cm³/mol. The summed E-state index contributed by atoms with van der Waals surface area (Å²) in [6.45, 7) is 23.7. The Balaban J connectivity index is 3.36. The van der Waals surface area contributed by atoms with E-state index >= 15 is 0 Å². The highest BCUT2D eigenvalue weighted by Gasteiger charge is 2.27. The Morgan fingerprint density at radius 1 is 0.739 bits per heavy atom. The molecule has 0 saturated heterocycles. The molecule has 1 rings (SSSR count). The van der Waals surface area contributed by atoms with Crippen molar-refractivity contribution < 1.29 is 13.3 Å². The Hall–Kier alpha value is -0.989. The van der Waals surface area contributed by atoms with Crippen molar-refractivity contribution in [3.05, 3.63) is 30.3 Å². The Kier molecular flexibility index (Phi) is 5.99. The van der Waals surface area contributed by atoms with Crippen LogP contribution in [0.5, 0.6) is 11.5 Å². The molecule has 0 aliphatic carbocycles. The van der Waals surface area contributed by atoms with E-state index in [0.717, 1.165) is 17.1 Å². The summed E-state index contributed by atoms with van der Waals surface area (Å²) >= 11 is 0. The molecule has 0 saturated carbocycles. The predicted octanol–water partition coefficient (Wildman–Crippen LogP) is 5.94. The molecule has 0 radical (unpaired) electrons. The third-order valence-electron chi connectivity index (χ3n) is 2.53. The molecule has 1 aromatic rings. The van der Waals surface area contributed by atoms with Gasteiger partial charge in [-0.25, -0.2) is 0 Å². The second-order valence-electron chi connectivity index (χ2n) is 8.70. The van der Waals surface area contributed by atoms with E-state index in [4.69, 9.17) is 13.3 Å². The van der Waals surface area contributed by atoms with E-state index in [1.165, 1.54) is 0 Å². The van der Waals surface area contributed by atoms with E-state index in [1.54, 1.807) is 0 Å². The molecule has 0 aromatic heterocycles. The van der Waals surface area contributed by atoms with E-state index < -0.39 is 25.0 Å². The Morgan fingerprint density at radius 3 is 1.43 bits per heavy atom. The number of hydrogen-bond acceptors (Lipinski definition) is 3. The molecular formula is C17H32O3Si3. The minimum atomic E-state index is -1.75. The van der Waals surface area contributed by atoms with Gasteiger partial charge in [0, 0.05) is 0 Å². The van der Waals surface area contributed by atoms with Gasteiger partial charge in [0.2, 0.25) is 25.0 Å². The third-order valence-corrected chi connectivity index (χ3v) is 5.05. The van der Waals surface area contributed by atoms with Crippen LogP contribution in [0.1, 0.15) is 5.56 Å². The third kappa shape index (κ3) is 7.41. The normalized spacial score (nSPS) is 12.7. The maximum atomic E-state index is 6.27. The van der Waals surface area contributed by atoms with E-state index in [-0.39, 0.29) is 0 Å². The van der Waals surface area contributed by atoms with Crippen LogP contribution in [-0.4, -0.2) is 25.0 Å². The fourth-order valence-corrected chi connectivity index (χ4v) is 4.54. The first-order chi connectivity index (χ1) is 10.2. The molecule has 3 nitrogen and oxygen atoms in total. The highest BCUT2D eigenvalue weighted by atomic mass is 28.4. The summed E-state index contributed by atoms with van der Waals surface area (Å²) in [5.74, 6) is 2.30. The van der Waals surface area contributed by atoms with Gasteiger partial charge in [-0.1, -0.05) is 12.6 Å². The minimum absolute atomic E-state index is 0.659. The van der Waals surface area contributed by atoms with Crippen LogP contribution in [0, 0.1) is 0 Å². The van der Waals surface area contributed by atoms with Crippen molar-refractivity contribution in [1.29, 1.82) is 0 Å². The van der Waals surface area contributed by atoms with Crippen molar-refractivity contribution in [1.82, 2.24) is 0 Å². The summed E-state index contributed by atoms with van der Waals surface area (Å²) in [6, 6.07) is 5.96. The van der Waals surface area contributed by atoms with E-state index in [2.05, 4.69) is 65.5 Å². The maximum absolute atomic E-state index is 6.27. The van der Waals surface area contributed by atoms with Gasteiger partial charge in [0.1, 0.15) is 17.3 Å². The number of hydrogen-bond donors (Lipinski definition) is 0. The van der Waals surface area contributed by atoms with Gasteiger partial charge in [-0.2, -0.15) is 0 Å². The molecule has 0 N–H and O–H groups in total. The Labute approximate surface area is 145 Å². The zero-order valence-corrected chi connectivity index (χ0v) is 19.2. The molecule has 0 unspecified atom stereocenters. The molecule has 0 aliphatic rings.